The molecule has 132 valence electrons. The molecule has 0 saturated heterocycles. The summed E-state index contributed by atoms with van der Waals surface area (Å²) in [7, 11) is 0. The van der Waals surface area contributed by atoms with Crippen LogP contribution in [0.4, 0.5) is 5.69 Å². The van der Waals surface area contributed by atoms with Gasteiger partial charge in [0.2, 0.25) is 11.8 Å². The minimum absolute atomic E-state index is 0.0513. The standard InChI is InChI=1S/C19H20Cl2N2O2/c1-14(24)23(17-9-5-8-16(20)19(17)21)13-12-22-18(25)11-10-15-6-3-2-4-7-15/h2-9H,10-13H2,1H3,(H,22,25). The van der Waals surface area contributed by atoms with E-state index in [-0.39, 0.29) is 11.8 Å². The van der Waals surface area contributed by atoms with E-state index < -0.39 is 0 Å². The van der Waals surface area contributed by atoms with Crippen LogP contribution in [-0.2, 0) is 16.0 Å². The molecule has 0 aliphatic rings. The van der Waals surface area contributed by atoms with Crippen LogP contribution in [0.3, 0.4) is 0 Å². The molecular formula is C19H20Cl2N2O2. The Kier molecular flexibility index (Phi) is 7.29. The van der Waals surface area contributed by atoms with Crippen molar-refractivity contribution in [3.8, 4) is 0 Å². The van der Waals surface area contributed by atoms with Gasteiger partial charge in [-0.25, -0.2) is 0 Å². The monoisotopic (exact) mass is 378 g/mol. The molecule has 0 aliphatic carbocycles. The first kappa shape index (κ1) is 19.3. The van der Waals surface area contributed by atoms with Gasteiger partial charge in [0.1, 0.15) is 0 Å². The van der Waals surface area contributed by atoms with E-state index in [1.54, 1.807) is 18.2 Å². The van der Waals surface area contributed by atoms with Crippen LogP contribution >= 0.6 is 23.2 Å². The Bertz CT molecular complexity index is 735. The number of nitrogens with zero attached hydrogens (tertiary/aromatic N) is 1. The largest absolute Gasteiger partial charge is 0.354 e. The zero-order valence-electron chi connectivity index (χ0n) is 14.0. The van der Waals surface area contributed by atoms with Gasteiger partial charge in [-0.05, 0) is 24.1 Å². The fourth-order valence-corrected chi connectivity index (χ4v) is 2.84. The van der Waals surface area contributed by atoms with Crippen molar-refractivity contribution in [3.05, 3.63) is 64.1 Å². The van der Waals surface area contributed by atoms with Gasteiger partial charge in [0.25, 0.3) is 0 Å². The van der Waals surface area contributed by atoms with Crippen molar-refractivity contribution in [3.63, 3.8) is 0 Å². The highest BCUT2D eigenvalue weighted by atomic mass is 35.5. The average molecular weight is 379 g/mol. The number of aryl methyl sites for hydroxylation is 1. The smallest absolute Gasteiger partial charge is 0.223 e. The number of amides is 2. The molecule has 6 heteroatoms. The molecule has 25 heavy (non-hydrogen) atoms. The molecule has 0 aromatic heterocycles. The first-order valence-electron chi connectivity index (χ1n) is 8.02. The second-order valence-corrected chi connectivity index (χ2v) is 6.36. The van der Waals surface area contributed by atoms with Gasteiger partial charge in [0.05, 0.1) is 15.7 Å². The zero-order valence-corrected chi connectivity index (χ0v) is 15.5. The Balaban J connectivity index is 1.86. The Morgan fingerprint density at radius 1 is 1.04 bits per heavy atom. The van der Waals surface area contributed by atoms with Crippen molar-refractivity contribution in [2.45, 2.75) is 19.8 Å². The Labute approximate surface area is 157 Å². The molecule has 1 N–H and O–H groups in total. The van der Waals surface area contributed by atoms with Crippen molar-refractivity contribution in [1.82, 2.24) is 5.32 Å². The predicted octanol–water partition coefficient (Wildman–Crippen LogP) is 4.10. The second-order valence-electron chi connectivity index (χ2n) is 5.58. The van der Waals surface area contributed by atoms with Crippen molar-refractivity contribution < 1.29 is 9.59 Å². The summed E-state index contributed by atoms with van der Waals surface area (Å²) in [4.78, 5) is 25.4. The molecule has 2 rings (SSSR count). The third-order valence-electron chi connectivity index (χ3n) is 3.74. The Morgan fingerprint density at radius 3 is 2.44 bits per heavy atom. The number of hydrogen-bond donors (Lipinski definition) is 1. The lowest BCUT2D eigenvalue weighted by molar-refractivity contribution is -0.121. The number of carbonyl (C=O) groups excluding carboxylic acids is 2. The van der Waals surface area contributed by atoms with Crippen LogP contribution in [0, 0.1) is 0 Å². The van der Waals surface area contributed by atoms with Crippen LogP contribution in [0.25, 0.3) is 0 Å². The molecule has 0 saturated carbocycles. The molecule has 0 radical (unpaired) electrons. The number of benzene rings is 2. The van der Waals surface area contributed by atoms with E-state index in [1.807, 2.05) is 30.3 Å². The third-order valence-corrected chi connectivity index (χ3v) is 4.55. The summed E-state index contributed by atoms with van der Waals surface area (Å²) in [6.45, 7) is 2.12. The van der Waals surface area contributed by atoms with E-state index in [1.165, 1.54) is 11.8 Å². The van der Waals surface area contributed by atoms with Gasteiger partial charge in [0, 0.05) is 26.4 Å². The molecule has 2 aromatic carbocycles. The maximum absolute atomic E-state index is 12.0. The minimum atomic E-state index is -0.164. The maximum Gasteiger partial charge on any atom is 0.223 e. The Morgan fingerprint density at radius 2 is 1.76 bits per heavy atom. The predicted molar refractivity (Wildman–Crippen MR) is 102 cm³/mol. The van der Waals surface area contributed by atoms with Crippen LogP contribution in [-0.4, -0.2) is 24.9 Å². The number of nitrogens with one attached hydrogen (secondary N) is 1. The quantitative estimate of drug-likeness (QED) is 0.788. The molecule has 0 atom stereocenters. The summed E-state index contributed by atoms with van der Waals surface area (Å²) in [5.41, 5.74) is 1.66. The van der Waals surface area contributed by atoms with Crippen LogP contribution in [0.1, 0.15) is 18.9 Å². The van der Waals surface area contributed by atoms with E-state index in [0.717, 1.165) is 5.56 Å². The van der Waals surface area contributed by atoms with Crippen molar-refractivity contribution in [2.75, 3.05) is 18.0 Å². The van der Waals surface area contributed by atoms with E-state index >= 15 is 0 Å². The lowest BCUT2D eigenvalue weighted by atomic mass is 10.1. The van der Waals surface area contributed by atoms with Gasteiger partial charge in [-0.1, -0.05) is 59.6 Å². The van der Waals surface area contributed by atoms with E-state index in [9.17, 15) is 9.59 Å². The van der Waals surface area contributed by atoms with Crippen LogP contribution in [0.15, 0.2) is 48.5 Å². The summed E-state index contributed by atoms with van der Waals surface area (Å²) in [5.74, 6) is -0.216. The fraction of sp³-hybridized carbons (Fsp3) is 0.263. The molecule has 0 fully saturated rings. The molecule has 0 unspecified atom stereocenters. The topological polar surface area (TPSA) is 49.4 Å². The molecule has 4 nitrogen and oxygen atoms in total. The Hall–Kier alpha value is -2.04. The minimum Gasteiger partial charge on any atom is -0.354 e. The van der Waals surface area contributed by atoms with E-state index in [2.05, 4.69) is 5.32 Å². The van der Waals surface area contributed by atoms with Crippen LogP contribution in [0.5, 0.6) is 0 Å². The third kappa shape index (κ3) is 5.76. The van der Waals surface area contributed by atoms with Crippen molar-refractivity contribution in [2.24, 2.45) is 0 Å². The van der Waals surface area contributed by atoms with Gasteiger partial charge < -0.3 is 10.2 Å². The van der Waals surface area contributed by atoms with Gasteiger partial charge in [-0.3, -0.25) is 9.59 Å². The van der Waals surface area contributed by atoms with Crippen molar-refractivity contribution >= 4 is 40.7 Å². The highest BCUT2D eigenvalue weighted by molar-refractivity contribution is 6.44. The number of hydrogen-bond acceptors (Lipinski definition) is 2. The number of anilines is 1. The van der Waals surface area contributed by atoms with Gasteiger partial charge in [-0.2, -0.15) is 0 Å². The molecule has 2 aromatic rings. The fourth-order valence-electron chi connectivity index (χ4n) is 2.45. The summed E-state index contributed by atoms with van der Waals surface area (Å²) in [6.07, 6.45) is 1.09. The van der Waals surface area contributed by atoms with Crippen LogP contribution in [0.2, 0.25) is 10.0 Å². The molecule has 0 heterocycles. The average Bonchev–Trinajstić information content (AvgIpc) is 2.60. The van der Waals surface area contributed by atoms with E-state index in [4.69, 9.17) is 23.2 Å². The maximum atomic E-state index is 12.0. The molecule has 0 spiro atoms. The highest BCUT2D eigenvalue weighted by Gasteiger charge is 2.16. The first-order chi connectivity index (χ1) is 12.0. The van der Waals surface area contributed by atoms with Gasteiger partial charge >= 0.3 is 0 Å². The highest BCUT2D eigenvalue weighted by Crippen LogP contribution is 2.32. The molecule has 0 bridgehead atoms. The summed E-state index contributed by atoms with van der Waals surface area (Å²) < 4.78 is 0. The second kappa shape index (κ2) is 9.44. The first-order valence-corrected chi connectivity index (χ1v) is 8.77. The van der Waals surface area contributed by atoms with Crippen LogP contribution < -0.4 is 10.2 Å². The summed E-state index contributed by atoms with van der Waals surface area (Å²) in [5, 5.41) is 3.55. The van der Waals surface area contributed by atoms with Crippen molar-refractivity contribution in [1.29, 1.82) is 0 Å². The van der Waals surface area contributed by atoms with Gasteiger partial charge in [-0.15, -0.1) is 0 Å². The summed E-state index contributed by atoms with van der Waals surface area (Å²) in [6, 6.07) is 15.0. The summed E-state index contributed by atoms with van der Waals surface area (Å²) >= 11 is 12.2. The SMILES string of the molecule is CC(=O)N(CCNC(=O)CCc1ccccc1)c1cccc(Cl)c1Cl. The lowest BCUT2D eigenvalue weighted by Crippen LogP contribution is -2.37. The number of carbonyl (C=O) groups is 2. The lowest BCUT2D eigenvalue weighted by Gasteiger charge is -2.23. The van der Waals surface area contributed by atoms with E-state index in [0.29, 0.717) is 41.7 Å². The molecular weight excluding hydrogens is 359 g/mol. The zero-order chi connectivity index (χ0) is 18.2. The van der Waals surface area contributed by atoms with Gasteiger partial charge in [0.15, 0.2) is 0 Å². The molecule has 2 amide bonds. The number of halogens is 2. The molecule has 0 aliphatic heterocycles. The normalized spacial score (nSPS) is 10.4. The number of rotatable bonds is 7.